The van der Waals surface area contributed by atoms with Crippen LogP contribution in [-0.4, -0.2) is 57.4 Å². The number of hydrogen-bond acceptors (Lipinski definition) is 10. The number of amides is 3. The van der Waals surface area contributed by atoms with Crippen molar-refractivity contribution in [3.8, 4) is 17.2 Å². The first-order chi connectivity index (χ1) is 25.2. The molecular formula is C39H41N3O8S2. The minimum absolute atomic E-state index is 0.0351. The van der Waals surface area contributed by atoms with Crippen molar-refractivity contribution in [1.29, 1.82) is 0 Å². The number of esters is 1. The first-order valence-electron chi connectivity index (χ1n) is 16.7. The quantitative estimate of drug-likeness (QED) is 0.0687. The zero-order valence-electron chi connectivity index (χ0n) is 29.6. The largest absolute Gasteiger partial charge is 0.493 e. The molecule has 4 aromatic rings. The molecule has 1 heterocycles. The van der Waals surface area contributed by atoms with Gasteiger partial charge in [0, 0.05) is 21.0 Å². The molecule has 0 aliphatic heterocycles. The standard InChI is InChI=1S/C39H41N3O8S2/c1-6-31(37(45)42-38-33(39(46)50-5)27-17-10-11-18-32(27)52-38)51-26-16-12-15-25(22-26)40-36(44)28(41-35(43)24-13-8-7-9-14-24)19-23-20-29(47-2)34(49-4)30(21-23)48-3/h7-9,12-16,19-22,31H,6,10-11,17-18H2,1-5H3,(H,40,44)(H,41,43)(H,42,45)/b28-19+. The minimum atomic E-state index is -0.582. The second kappa shape index (κ2) is 17.8. The van der Waals surface area contributed by atoms with Gasteiger partial charge in [0.25, 0.3) is 11.8 Å². The lowest BCUT2D eigenvalue weighted by Crippen LogP contribution is -2.30. The van der Waals surface area contributed by atoms with E-state index in [1.807, 2.05) is 13.0 Å². The Labute approximate surface area is 311 Å². The van der Waals surface area contributed by atoms with Gasteiger partial charge in [0.1, 0.15) is 10.7 Å². The highest BCUT2D eigenvalue weighted by Gasteiger charge is 2.29. The Balaban J connectivity index is 1.37. The second-order valence-corrected chi connectivity index (χ2v) is 14.1. The molecule has 3 N–H and O–H groups in total. The summed E-state index contributed by atoms with van der Waals surface area (Å²) in [6, 6.07) is 19.0. The Kier molecular flexibility index (Phi) is 13.0. The molecule has 11 nitrogen and oxygen atoms in total. The normalized spacial score (nSPS) is 12.9. The number of ether oxygens (including phenoxy) is 4. The third-order valence-electron chi connectivity index (χ3n) is 8.36. The van der Waals surface area contributed by atoms with Gasteiger partial charge in [0.15, 0.2) is 11.5 Å². The van der Waals surface area contributed by atoms with Gasteiger partial charge in [-0.15, -0.1) is 23.1 Å². The maximum Gasteiger partial charge on any atom is 0.341 e. The third-order valence-corrected chi connectivity index (χ3v) is 10.9. The number of carbonyl (C=O) groups excluding carboxylic acids is 4. The molecule has 0 saturated heterocycles. The number of hydrogen-bond donors (Lipinski definition) is 3. The molecule has 0 fully saturated rings. The number of nitrogens with one attached hydrogen (secondary N) is 3. The molecule has 1 aliphatic carbocycles. The molecule has 272 valence electrons. The van der Waals surface area contributed by atoms with Crippen LogP contribution in [-0.2, 0) is 27.2 Å². The van der Waals surface area contributed by atoms with Gasteiger partial charge in [-0.25, -0.2) is 4.79 Å². The highest BCUT2D eigenvalue weighted by molar-refractivity contribution is 8.00. The van der Waals surface area contributed by atoms with Crippen LogP contribution in [0.5, 0.6) is 17.2 Å². The fourth-order valence-corrected chi connectivity index (χ4v) is 8.08. The van der Waals surface area contributed by atoms with Crippen LogP contribution >= 0.6 is 23.1 Å². The number of fused-ring (bicyclic) bond motifs is 1. The number of thiophene rings is 1. The van der Waals surface area contributed by atoms with E-state index >= 15 is 0 Å². The van der Waals surface area contributed by atoms with Gasteiger partial charge >= 0.3 is 5.97 Å². The number of rotatable bonds is 14. The lowest BCUT2D eigenvalue weighted by molar-refractivity contribution is -0.116. The smallest absolute Gasteiger partial charge is 0.341 e. The SMILES string of the molecule is CCC(Sc1cccc(NC(=O)/C(=C\c2cc(OC)c(OC)c(OC)c2)NC(=O)c2ccccc2)c1)C(=O)Nc1sc2c(c1C(=O)OC)CCCC2. The third kappa shape index (κ3) is 8.96. The molecule has 13 heteroatoms. The maximum atomic E-state index is 13.8. The molecular weight excluding hydrogens is 703 g/mol. The first kappa shape index (κ1) is 38.0. The topological polar surface area (TPSA) is 141 Å². The van der Waals surface area contributed by atoms with Crippen molar-refractivity contribution in [3.05, 3.63) is 99.6 Å². The van der Waals surface area contributed by atoms with Crippen LogP contribution in [0, 0.1) is 0 Å². The molecule has 0 radical (unpaired) electrons. The average molecular weight is 744 g/mol. The zero-order chi connectivity index (χ0) is 37.2. The van der Waals surface area contributed by atoms with E-state index in [2.05, 4.69) is 16.0 Å². The van der Waals surface area contributed by atoms with Crippen LogP contribution in [0.2, 0.25) is 0 Å². The fourth-order valence-electron chi connectivity index (χ4n) is 5.79. The Morgan fingerprint density at radius 1 is 0.865 bits per heavy atom. The first-order valence-corrected chi connectivity index (χ1v) is 18.4. The molecule has 0 saturated carbocycles. The Morgan fingerprint density at radius 2 is 1.58 bits per heavy atom. The number of carbonyl (C=O) groups is 4. The molecule has 3 aromatic carbocycles. The van der Waals surface area contributed by atoms with E-state index < -0.39 is 23.0 Å². The van der Waals surface area contributed by atoms with Gasteiger partial charge in [0.2, 0.25) is 11.7 Å². The monoisotopic (exact) mass is 743 g/mol. The molecule has 0 spiro atoms. The summed E-state index contributed by atoms with van der Waals surface area (Å²) in [6.45, 7) is 1.92. The van der Waals surface area contributed by atoms with Gasteiger partial charge in [-0.2, -0.15) is 0 Å². The van der Waals surface area contributed by atoms with Crippen molar-refractivity contribution >= 4 is 63.6 Å². The number of thioether (sulfide) groups is 1. The summed E-state index contributed by atoms with van der Waals surface area (Å²) in [6.07, 6.45) is 5.72. The highest BCUT2D eigenvalue weighted by Crippen LogP contribution is 2.40. The molecule has 3 amide bonds. The summed E-state index contributed by atoms with van der Waals surface area (Å²) in [4.78, 5) is 55.2. The number of benzene rings is 3. The summed E-state index contributed by atoms with van der Waals surface area (Å²) in [5.41, 5.74) is 2.72. The summed E-state index contributed by atoms with van der Waals surface area (Å²) in [5, 5.41) is 8.66. The van der Waals surface area contributed by atoms with E-state index in [1.165, 1.54) is 57.6 Å². The van der Waals surface area contributed by atoms with Crippen molar-refractivity contribution in [3.63, 3.8) is 0 Å². The molecule has 1 aromatic heterocycles. The molecule has 1 aliphatic rings. The Bertz CT molecular complexity index is 1950. The Hall–Kier alpha value is -5.27. The number of methoxy groups -OCH3 is 4. The van der Waals surface area contributed by atoms with E-state index in [4.69, 9.17) is 18.9 Å². The van der Waals surface area contributed by atoms with Crippen LogP contribution in [0.25, 0.3) is 6.08 Å². The van der Waals surface area contributed by atoms with Crippen LogP contribution < -0.4 is 30.2 Å². The summed E-state index contributed by atoms with van der Waals surface area (Å²) < 4.78 is 21.5. The molecule has 5 rings (SSSR count). The summed E-state index contributed by atoms with van der Waals surface area (Å²) in [7, 11) is 5.82. The minimum Gasteiger partial charge on any atom is -0.493 e. The zero-order valence-corrected chi connectivity index (χ0v) is 31.3. The van der Waals surface area contributed by atoms with Crippen LogP contribution in [0.15, 0.2) is 77.3 Å². The highest BCUT2D eigenvalue weighted by atomic mass is 32.2. The lowest BCUT2D eigenvalue weighted by Gasteiger charge is -2.16. The van der Waals surface area contributed by atoms with E-state index in [1.54, 1.807) is 60.7 Å². The van der Waals surface area contributed by atoms with E-state index in [9.17, 15) is 19.2 Å². The van der Waals surface area contributed by atoms with Crippen molar-refractivity contribution in [2.45, 2.75) is 49.2 Å². The van der Waals surface area contributed by atoms with E-state index in [0.717, 1.165) is 41.0 Å². The molecule has 0 bridgehead atoms. The summed E-state index contributed by atoms with van der Waals surface area (Å²) >= 11 is 2.79. The predicted molar refractivity (Wildman–Crippen MR) is 204 cm³/mol. The van der Waals surface area contributed by atoms with Gasteiger partial charge in [-0.3, -0.25) is 14.4 Å². The van der Waals surface area contributed by atoms with E-state index in [0.29, 0.717) is 51.0 Å². The fraction of sp³-hybridized carbons (Fsp3) is 0.282. The predicted octanol–water partition coefficient (Wildman–Crippen LogP) is 7.36. The summed E-state index contributed by atoms with van der Waals surface area (Å²) in [5.74, 6) is -0.599. The maximum absolute atomic E-state index is 13.8. The second-order valence-electron chi connectivity index (χ2n) is 11.7. The van der Waals surface area contributed by atoms with Gasteiger partial charge < -0.3 is 34.9 Å². The average Bonchev–Trinajstić information content (AvgIpc) is 3.53. The van der Waals surface area contributed by atoms with Crippen molar-refractivity contribution < 1.29 is 38.1 Å². The van der Waals surface area contributed by atoms with Crippen molar-refractivity contribution in [2.24, 2.45) is 0 Å². The van der Waals surface area contributed by atoms with Crippen LogP contribution in [0.1, 0.15) is 62.9 Å². The van der Waals surface area contributed by atoms with E-state index in [-0.39, 0.29) is 11.6 Å². The molecule has 1 unspecified atom stereocenters. The van der Waals surface area contributed by atoms with Gasteiger partial charge in [0.05, 0.1) is 39.3 Å². The lowest BCUT2D eigenvalue weighted by atomic mass is 9.95. The molecule has 52 heavy (non-hydrogen) atoms. The van der Waals surface area contributed by atoms with Crippen LogP contribution in [0.4, 0.5) is 10.7 Å². The Morgan fingerprint density at radius 3 is 2.23 bits per heavy atom. The van der Waals surface area contributed by atoms with Crippen LogP contribution in [0.3, 0.4) is 0 Å². The van der Waals surface area contributed by atoms with Crippen molar-refractivity contribution in [1.82, 2.24) is 5.32 Å². The number of aryl methyl sites for hydroxylation is 1. The van der Waals surface area contributed by atoms with Gasteiger partial charge in [-0.1, -0.05) is 31.2 Å². The van der Waals surface area contributed by atoms with Gasteiger partial charge in [-0.05, 0) is 91.8 Å². The molecule has 1 atom stereocenters. The number of anilines is 2. The van der Waals surface area contributed by atoms with Crippen molar-refractivity contribution in [2.75, 3.05) is 39.1 Å².